The first-order valence-electron chi connectivity index (χ1n) is 11.4. The Morgan fingerprint density at radius 1 is 1.22 bits per heavy atom. The Bertz CT molecular complexity index is 1280. The molecule has 0 aliphatic heterocycles. The van der Waals surface area contributed by atoms with Crippen LogP contribution in [0.15, 0.2) is 46.9 Å². The van der Waals surface area contributed by atoms with Crippen molar-refractivity contribution >= 4 is 23.6 Å². The number of aromatic nitrogens is 1. The molecule has 9 nitrogen and oxygen atoms in total. The second-order valence-corrected chi connectivity index (χ2v) is 8.79. The molecule has 196 valence electrons. The van der Waals surface area contributed by atoms with Gasteiger partial charge < -0.3 is 29.7 Å². The number of primary amides is 1. The van der Waals surface area contributed by atoms with Crippen molar-refractivity contribution in [1.29, 1.82) is 0 Å². The third-order valence-corrected chi connectivity index (χ3v) is 5.87. The second kappa shape index (κ2) is 11.5. The summed E-state index contributed by atoms with van der Waals surface area (Å²) >= 11 is 6.16. The first-order valence-corrected chi connectivity index (χ1v) is 11.8. The van der Waals surface area contributed by atoms with Crippen molar-refractivity contribution in [1.82, 2.24) is 10.3 Å². The number of rotatable bonds is 11. The fraction of sp³-hybridized carbons (Fsp3) is 0.320. The molecule has 3 N–H and O–H groups in total. The van der Waals surface area contributed by atoms with Gasteiger partial charge in [0.25, 0.3) is 5.91 Å². The molecule has 37 heavy (non-hydrogen) atoms. The van der Waals surface area contributed by atoms with Gasteiger partial charge in [-0.25, -0.2) is 9.78 Å². The van der Waals surface area contributed by atoms with Crippen LogP contribution >= 0.6 is 11.6 Å². The van der Waals surface area contributed by atoms with E-state index in [0.29, 0.717) is 28.7 Å². The number of ether oxygens (including phenoxy) is 3. The van der Waals surface area contributed by atoms with Crippen molar-refractivity contribution in [2.45, 2.75) is 39.0 Å². The number of carbonyl (C=O) groups is 2. The Hall–Kier alpha value is -3.86. The number of nitrogens with one attached hydrogen (secondary N) is 1. The van der Waals surface area contributed by atoms with Gasteiger partial charge in [0.15, 0.2) is 29.1 Å². The molecule has 0 bridgehead atoms. The normalized spacial score (nSPS) is 13.8. The van der Waals surface area contributed by atoms with Crippen molar-refractivity contribution < 1.29 is 37.0 Å². The first kappa shape index (κ1) is 26.2. The minimum atomic E-state index is -3.04. The van der Waals surface area contributed by atoms with E-state index in [-0.39, 0.29) is 35.4 Å². The monoisotopic (exact) mass is 535 g/mol. The van der Waals surface area contributed by atoms with Gasteiger partial charge in [-0.05, 0) is 55.5 Å². The van der Waals surface area contributed by atoms with Crippen molar-refractivity contribution in [3.05, 3.63) is 64.5 Å². The molecule has 1 heterocycles. The zero-order valence-electron chi connectivity index (χ0n) is 19.7. The Kier molecular flexibility index (Phi) is 8.12. The third kappa shape index (κ3) is 6.88. The number of oxazole rings is 1. The zero-order chi connectivity index (χ0) is 26.5. The van der Waals surface area contributed by atoms with Crippen LogP contribution in [-0.4, -0.2) is 30.2 Å². The second-order valence-electron chi connectivity index (χ2n) is 8.38. The van der Waals surface area contributed by atoms with Crippen LogP contribution in [0.5, 0.6) is 11.5 Å². The van der Waals surface area contributed by atoms with E-state index in [1.165, 1.54) is 25.1 Å². The summed E-state index contributed by atoms with van der Waals surface area (Å²) in [5, 5.41) is 3.18. The SMILES string of the molecule is CC(OC(N)=O)c1oc(-c2ccc(OC(F)F)c(OCC3CC3)c2)nc1C(=O)NCc1ccccc1Cl. The van der Waals surface area contributed by atoms with Gasteiger partial charge in [-0.15, -0.1) is 0 Å². The van der Waals surface area contributed by atoms with Crippen molar-refractivity contribution in [2.75, 3.05) is 6.61 Å². The van der Waals surface area contributed by atoms with Gasteiger partial charge in [-0.2, -0.15) is 8.78 Å². The summed E-state index contributed by atoms with van der Waals surface area (Å²) < 4.78 is 46.8. The topological polar surface area (TPSA) is 126 Å². The van der Waals surface area contributed by atoms with Gasteiger partial charge in [-0.3, -0.25) is 4.79 Å². The molecule has 12 heteroatoms. The molecule has 1 saturated carbocycles. The fourth-order valence-corrected chi connectivity index (χ4v) is 3.66. The standard InChI is InChI=1S/C25H24ClF2N3O6/c1-13(35-25(29)33)21-20(22(32)30-11-16-4-2-3-5-17(16)26)31-23(37-21)15-8-9-18(36-24(27)28)19(10-15)34-12-14-6-7-14/h2-5,8-10,13-14,24H,6-7,11-12H2,1H3,(H2,29,33)(H,30,32). The number of nitrogens with two attached hydrogens (primary N) is 1. The Morgan fingerprint density at radius 2 is 1.97 bits per heavy atom. The van der Waals surface area contributed by atoms with Crippen LogP contribution in [0.1, 0.15) is 47.7 Å². The summed E-state index contributed by atoms with van der Waals surface area (Å²) in [6.07, 6.45) is -0.125. The molecule has 1 unspecified atom stereocenters. The lowest BCUT2D eigenvalue weighted by Gasteiger charge is -2.13. The number of amides is 2. The highest BCUT2D eigenvalue weighted by Crippen LogP contribution is 2.37. The van der Waals surface area contributed by atoms with Gasteiger partial charge in [-0.1, -0.05) is 29.8 Å². The molecule has 2 amide bonds. The number of halogens is 3. The summed E-state index contributed by atoms with van der Waals surface area (Å²) in [5.74, 6) is -0.411. The molecule has 4 rings (SSSR count). The molecular formula is C25H24ClF2N3O6. The minimum absolute atomic E-state index is 0.0299. The maximum Gasteiger partial charge on any atom is 0.405 e. The molecule has 1 atom stereocenters. The first-order chi connectivity index (χ1) is 17.7. The van der Waals surface area contributed by atoms with E-state index in [4.69, 9.17) is 31.2 Å². The molecular weight excluding hydrogens is 512 g/mol. The van der Waals surface area contributed by atoms with Crippen LogP contribution in [0, 0.1) is 5.92 Å². The van der Waals surface area contributed by atoms with Crippen molar-refractivity contribution in [3.63, 3.8) is 0 Å². The van der Waals surface area contributed by atoms with E-state index in [9.17, 15) is 18.4 Å². The van der Waals surface area contributed by atoms with E-state index in [1.54, 1.807) is 24.3 Å². The molecule has 2 aromatic carbocycles. The lowest BCUT2D eigenvalue weighted by molar-refractivity contribution is -0.0515. The molecule has 1 fully saturated rings. The smallest absolute Gasteiger partial charge is 0.405 e. The van der Waals surface area contributed by atoms with Crippen molar-refractivity contribution in [2.24, 2.45) is 11.7 Å². The molecule has 0 spiro atoms. The Balaban J connectivity index is 1.64. The quantitative estimate of drug-likeness (QED) is 0.333. The molecule has 1 aliphatic carbocycles. The number of hydrogen-bond donors (Lipinski definition) is 2. The zero-order valence-corrected chi connectivity index (χ0v) is 20.5. The lowest BCUT2D eigenvalue weighted by atomic mass is 10.2. The van der Waals surface area contributed by atoms with Crippen LogP contribution in [0.4, 0.5) is 13.6 Å². The lowest BCUT2D eigenvalue weighted by Crippen LogP contribution is -2.25. The summed E-state index contributed by atoms with van der Waals surface area (Å²) in [7, 11) is 0. The minimum Gasteiger partial charge on any atom is -0.489 e. The van der Waals surface area contributed by atoms with Gasteiger partial charge in [0.05, 0.1) is 6.61 Å². The molecule has 1 aliphatic rings. The van der Waals surface area contributed by atoms with Crippen LogP contribution in [0.25, 0.3) is 11.5 Å². The van der Waals surface area contributed by atoms with E-state index in [0.717, 1.165) is 12.8 Å². The fourth-order valence-electron chi connectivity index (χ4n) is 3.46. The Morgan fingerprint density at radius 3 is 2.65 bits per heavy atom. The van der Waals surface area contributed by atoms with Crippen LogP contribution < -0.4 is 20.5 Å². The molecule has 1 aromatic heterocycles. The molecule has 3 aromatic rings. The highest BCUT2D eigenvalue weighted by molar-refractivity contribution is 6.31. The van der Waals surface area contributed by atoms with Gasteiger partial charge in [0, 0.05) is 17.1 Å². The number of alkyl halides is 2. The average molecular weight is 536 g/mol. The van der Waals surface area contributed by atoms with E-state index in [2.05, 4.69) is 15.0 Å². The van der Waals surface area contributed by atoms with Crippen LogP contribution in [0.3, 0.4) is 0 Å². The van der Waals surface area contributed by atoms with Crippen LogP contribution in [0.2, 0.25) is 5.02 Å². The number of benzene rings is 2. The number of carbonyl (C=O) groups excluding carboxylic acids is 2. The number of hydrogen-bond acceptors (Lipinski definition) is 7. The van der Waals surface area contributed by atoms with E-state index >= 15 is 0 Å². The summed E-state index contributed by atoms with van der Waals surface area (Å²) in [4.78, 5) is 28.7. The molecule has 0 saturated heterocycles. The summed E-state index contributed by atoms with van der Waals surface area (Å²) in [5.41, 5.74) is 5.99. The maximum atomic E-state index is 13.0. The highest BCUT2D eigenvalue weighted by atomic mass is 35.5. The van der Waals surface area contributed by atoms with E-state index < -0.39 is 24.7 Å². The largest absolute Gasteiger partial charge is 0.489 e. The highest BCUT2D eigenvalue weighted by Gasteiger charge is 2.28. The Labute approximate surface area is 215 Å². The average Bonchev–Trinajstić information content (AvgIpc) is 3.57. The van der Waals surface area contributed by atoms with E-state index in [1.807, 2.05) is 0 Å². The summed E-state index contributed by atoms with van der Waals surface area (Å²) in [6, 6.07) is 11.1. The predicted octanol–water partition coefficient (Wildman–Crippen LogP) is 5.47. The maximum absolute atomic E-state index is 13.0. The van der Waals surface area contributed by atoms with Gasteiger partial charge in [0.2, 0.25) is 5.89 Å². The number of nitrogens with zero attached hydrogens (tertiary/aromatic N) is 1. The summed E-state index contributed by atoms with van der Waals surface area (Å²) in [6.45, 7) is -1.13. The van der Waals surface area contributed by atoms with Crippen molar-refractivity contribution in [3.8, 4) is 23.0 Å². The predicted molar refractivity (Wildman–Crippen MR) is 128 cm³/mol. The van der Waals surface area contributed by atoms with Gasteiger partial charge in [0.1, 0.15) is 0 Å². The molecule has 0 radical (unpaired) electrons. The third-order valence-electron chi connectivity index (χ3n) is 5.51. The van der Waals surface area contributed by atoms with Gasteiger partial charge >= 0.3 is 12.7 Å². The van der Waals surface area contributed by atoms with Crippen LogP contribution in [-0.2, 0) is 11.3 Å².